The van der Waals surface area contributed by atoms with E-state index < -0.39 is 17.8 Å². The highest BCUT2D eigenvalue weighted by molar-refractivity contribution is 6.27. The maximum Gasteiger partial charge on any atom is 0.414 e. The van der Waals surface area contributed by atoms with Crippen LogP contribution < -0.4 is 9.64 Å². The Kier molecular flexibility index (Phi) is 10.6. The molecular weight excluding hydrogens is 513 g/mol. The van der Waals surface area contributed by atoms with Gasteiger partial charge in [0.1, 0.15) is 0 Å². The minimum absolute atomic E-state index is 0.105. The SMILES string of the molecule is CC(C)c1noc(N2CCN(C(C)CCOc3ccc(C(=O)N4CCCC4)cc3F)CC2)n1.O=C(O)C(=O)O. The van der Waals surface area contributed by atoms with Crippen LogP contribution in [0.2, 0.25) is 0 Å². The minimum atomic E-state index is -1.82. The Bertz CT molecular complexity index is 1120. The summed E-state index contributed by atoms with van der Waals surface area (Å²) < 4.78 is 25.6. The van der Waals surface area contributed by atoms with Crippen LogP contribution in [0.25, 0.3) is 0 Å². The van der Waals surface area contributed by atoms with Crippen molar-refractivity contribution in [3.05, 3.63) is 35.4 Å². The van der Waals surface area contributed by atoms with Crippen molar-refractivity contribution in [3.63, 3.8) is 0 Å². The monoisotopic (exact) mass is 549 g/mol. The van der Waals surface area contributed by atoms with Crippen LogP contribution in [0.15, 0.2) is 22.7 Å². The molecule has 1 amide bonds. The van der Waals surface area contributed by atoms with Crippen LogP contribution in [0.4, 0.5) is 10.4 Å². The molecule has 4 rings (SSSR count). The van der Waals surface area contributed by atoms with Crippen molar-refractivity contribution in [2.24, 2.45) is 0 Å². The normalized spacial score (nSPS) is 16.5. The van der Waals surface area contributed by atoms with Gasteiger partial charge in [-0.2, -0.15) is 4.98 Å². The summed E-state index contributed by atoms with van der Waals surface area (Å²) in [6.07, 6.45) is 2.81. The number of hydrogen-bond acceptors (Lipinski definition) is 9. The number of benzene rings is 1. The van der Waals surface area contributed by atoms with Crippen LogP contribution >= 0.6 is 0 Å². The van der Waals surface area contributed by atoms with Gasteiger partial charge in [0.15, 0.2) is 17.4 Å². The van der Waals surface area contributed by atoms with Gasteiger partial charge in [-0.05, 0) is 44.4 Å². The van der Waals surface area contributed by atoms with E-state index in [1.807, 2.05) is 13.8 Å². The largest absolute Gasteiger partial charge is 0.490 e. The molecule has 1 aromatic heterocycles. The van der Waals surface area contributed by atoms with Crippen molar-refractivity contribution >= 4 is 23.9 Å². The quantitative estimate of drug-likeness (QED) is 0.468. The number of carboxylic acids is 2. The van der Waals surface area contributed by atoms with E-state index in [4.69, 9.17) is 29.1 Å². The minimum Gasteiger partial charge on any atom is -0.490 e. The number of amides is 1. The zero-order valence-electron chi connectivity index (χ0n) is 22.5. The lowest BCUT2D eigenvalue weighted by Gasteiger charge is -2.37. The van der Waals surface area contributed by atoms with Crippen LogP contribution in [0, 0.1) is 5.82 Å². The molecular formula is C26H36FN5O7. The van der Waals surface area contributed by atoms with Crippen LogP contribution in [-0.4, -0.2) is 99.9 Å². The number of nitrogens with zero attached hydrogens (tertiary/aromatic N) is 5. The van der Waals surface area contributed by atoms with E-state index in [0.717, 1.165) is 64.4 Å². The summed E-state index contributed by atoms with van der Waals surface area (Å²) in [4.78, 5) is 41.4. The fourth-order valence-electron chi connectivity index (χ4n) is 4.32. The molecule has 13 heteroatoms. The summed E-state index contributed by atoms with van der Waals surface area (Å²) in [5.74, 6) is -3.06. The number of piperazine rings is 1. The number of anilines is 1. The zero-order valence-corrected chi connectivity index (χ0v) is 22.5. The van der Waals surface area contributed by atoms with Gasteiger partial charge in [0.2, 0.25) is 0 Å². The van der Waals surface area contributed by atoms with E-state index in [2.05, 4.69) is 26.9 Å². The molecule has 12 nitrogen and oxygen atoms in total. The summed E-state index contributed by atoms with van der Waals surface area (Å²) in [5, 5.41) is 18.8. The Hall–Kier alpha value is -3.74. The Morgan fingerprint density at radius 2 is 1.67 bits per heavy atom. The fraction of sp³-hybridized carbons (Fsp3) is 0.577. The van der Waals surface area contributed by atoms with Gasteiger partial charge in [0.25, 0.3) is 5.91 Å². The first kappa shape index (κ1) is 29.8. The summed E-state index contributed by atoms with van der Waals surface area (Å²) in [6, 6.07) is 5.42. The second kappa shape index (κ2) is 13.9. The molecule has 2 fully saturated rings. The van der Waals surface area contributed by atoms with Gasteiger partial charge in [-0.1, -0.05) is 19.0 Å². The number of likely N-dealkylation sites (tertiary alicyclic amines) is 1. The number of rotatable bonds is 8. The predicted octanol–water partition coefficient (Wildman–Crippen LogP) is 2.70. The topological polar surface area (TPSA) is 150 Å². The Balaban J connectivity index is 0.000000631. The van der Waals surface area contributed by atoms with Crippen LogP contribution in [0.5, 0.6) is 5.75 Å². The second-order valence-corrected chi connectivity index (χ2v) is 9.85. The maximum atomic E-state index is 14.5. The van der Waals surface area contributed by atoms with Crippen LogP contribution in [0.3, 0.4) is 0 Å². The van der Waals surface area contributed by atoms with Crippen molar-refractivity contribution in [3.8, 4) is 5.75 Å². The lowest BCUT2D eigenvalue weighted by Crippen LogP contribution is -2.50. The third kappa shape index (κ3) is 8.37. The molecule has 39 heavy (non-hydrogen) atoms. The van der Waals surface area contributed by atoms with E-state index in [1.54, 1.807) is 17.0 Å². The Morgan fingerprint density at radius 1 is 1.03 bits per heavy atom. The molecule has 1 aromatic carbocycles. The van der Waals surface area contributed by atoms with E-state index in [0.29, 0.717) is 24.2 Å². The highest BCUT2D eigenvalue weighted by Gasteiger charge is 2.25. The molecule has 3 heterocycles. The number of aromatic nitrogens is 2. The van der Waals surface area contributed by atoms with E-state index >= 15 is 0 Å². The molecule has 2 saturated heterocycles. The summed E-state index contributed by atoms with van der Waals surface area (Å²) in [7, 11) is 0. The number of carbonyl (C=O) groups is 3. The lowest BCUT2D eigenvalue weighted by molar-refractivity contribution is -0.159. The molecule has 1 atom stereocenters. The molecule has 0 spiro atoms. The van der Waals surface area contributed by atoms with Crippen molar-refractivity contribution in [2.45, 2.75) is 52.0 Å². The van der Waals surface area contributed by atoms with Crippen molar-refractivity contribution in [1.29, 1.82) is 0 Å². The standard InChI is InChI=1S/C24H34FN5O3.C2H2O4/c1-17(2)22-26-24(33-27-22)30-13-11-28(12-14-30)18(3)8-15-32-21-7-6-19(16-20(21)25)23(31)29-9-4-5-10-29;3-1(4)2(5)6/h6-7,16-18H,4-5,8-15H2,1-3H3;(H,3,4)(H,5,6). The molecule has 1 unspecified atom stereocenters. The molecule has 2 aliphatic rings. The van der Waals surface area contributed by atoms with Crippen LogP contribution in [0.1, 0.15) is 62.1 Å². The highest BCUT2D eigenvalue weighted by Crippen LogP contribution is 2.22. The molecule has 0 aliphatic carbocycles. The maximum absolute atomic E-state index is 14.5. The first-order valence-corrected chi connectivity index (χ1v) is 13.1. The third-order valence-corrected chi connectivity index (χ3v) is 6.70. The smallest absolute Gasteiger partial charge is 0.414 e. The first-order chi connectivity index (χ1) is 18.6. The molecule has 0 saturated carbocycles. The van der Waals surface area contributed by atoms with Crippen molar-refractivity contribution in [1.82, 2.24) is 19.9 Å². The molecule has 2 N–H and O–H groups in total. The second-order valence-electron chi connectivity index (χ2n) is 9.85. The van der Waals surface area contributed by atoms with Gasteiger partial charge in [0.05, 0.1) is 6.61 Å². The molecule has 214 valence electrons. The Labute approximate surface area is 226 Å². The van der Waals surface area contributed by atoms with E-state index in [1.165, 1.54) is 6.07 Å². The number of carbonyl (C=O) groups excluding carboxylic acids is 1. The number of halogens is 1. The predicted molar refractivity (Wildman–Crippen MR) is 139 cm³/mol. The number of carboxylic acid groups (broad SMARTS) is 2. The first-order valence-electron chi connectivity index (χ1n) is 13.1. The molecule has 2 aromatic rings. The summed E-state index contributed by atoms with van der Waals surface area (Å²) in [6.45, 7) is 11.6. The fourth-order valence-corrected chi connectivity index (χ4v) is 4.32. The molecule has 0 bridgehead atoms. The Morgan fingerprint density at radius 3 is 2.21 bits per heavy atom. The van der Waals surface area contributed by atoms with E-state index in [-0.39, 0.29) is 17.6 Å². The number of aliphatic carboxylic acids is 2. The highest BCUT2D eigenvalue weighted by atomic mass is 19.1. The zero-order chi connectivity index (χ0) is 28.5. The molecule has 2 aliphatic heterocycles. The molecule has 0 radical (unpaired) electrons. The van der Waals surface area contributed by atoms with Gasteiger partial charge in [-0.3, -0.25) is 9.69 Å². The summed E-state index contributed by atoms with van der Waals surface area (Å²) >= 11 is 0. The van der Waals surface area contributed by atoms with E-state index in [9.17, 15) is 9.18 Å². The van der Waals surface area contributed by atoms with Crippen molar-refractivity contribution in [2.75, 3.05) is 50.8 Å². The number of ether oxygens (including phenoxy) is 1. The van der Waals surface area contributed by atoms with Crippen molar-refractivity contribution < 1.29 is 38.2 Å². The van der Waals surface area contributed by atoms with Gasteiger partial charge in [-0.15, -0.1) is 0 Å². The third-order valence-electron chi connectivity index (χ3n) is 6.70. The van der Waals surface area contributed by atoms with Gasteiger partial charge in [-0.25, -0.2) is 14.0 Å². The van der Waals surface area contributed by atoms with Gasteiger partial charge in [0, 0.05) is 56.8 Å². The lowest BCUT2D eigenvalue weighted by atomic mass is 10.1. The van der Waals surface area contributed by atoms with Gasteiger partial charge < -0.3 is 29.3 Å². The average Bonchev–Trinajstić information content (AvgIpc) is 3.63. The summed E-state index contributed by atoms with van der Waals surface area (Å²) in [5.41, 5.74) is 0.384. The average molecular weight is 550 g/mol. The van der Waals surface area contributed by atoms with Gasteiger partial charge >= 0.3 is 18.0 Å². The van der Waals surface area contributed by atoms with Crippen LogP contribution in [-0.2, 0) is 9.59 Å². The number of hydrogen-bond donors (Lipinski definition) is 2.